The maximum absolute atomic E-state index is 11.6. The van der Waals surface area contributed by atoms with E-state index in [0.717, 1.165) is 23.6 Å². The maximum atomic E-state index is 11.6. The molecule has 0 fully saturated rings. The smallest absolute Gasteiger partial charge is 0.310 e. The van der Waals surface area contributed by atoms with Crippen LogP contribution in [0.2, 0.25) is 0 Å². The zero-order valence-corrected chi connectivity index (χ0v) is 13.4. The van der Waals surface area contributed by atoms with Crippen LogP contribution < -0.4 is 11.0 Å². The average molecular weight is 307 g/mol. The number of hydrogen-bond donors (Lipinski definition) is 2. The molecular formula is C14H21N5OS. The maximum Gasteiger partial charge on any atom is 0.343 e. The third-order valence-corrected chi connectivity index (χ3v) is 4.08. The third-order valence-electron chi connectivity index (χ3n) is 3.14. The van der Waals surface area contributed by atoms with Gasteiger partial charge in [0.2, 0.25) is 0 Å². The second kappa shape index (κ2) is 7.42. The molecule has 0 aliphatic carbocycles. The van der Waals surface area contributed by atoms with E-state index in [1.807, 2.05) is 19.2 Å². The molecule has 0 aliphatic heterocycles. The standard InChI is InChI=1S/C14H21N5OS/c1-4-8-19-13(20)17-18-14(19)21-12-7-6-11(9-16-12)10(3)15-5-2/h6-7,9-10,15H,4-5,8H2,1-3H3,(H,17,20). The molecule has 0 saturated carbocycles. The van der Waals surface area contributed by atoms with Gasteiger partial charge in [-0.05, 0) is 43.3 Å². The molecule has 0 amide bonds. The molecule has 0 spiro atoms. The molecule has 0 aliphatic rings. The van der Waals surface area contributed by atoms with E-state index >= 15 is 0 Å². The van der Waals surface area contributed by atoms with Crippen LogP contribution in [0.15, 0.2) is 33.3 Å². The van der Waals surface area contributed by atoms with E-state index in [1.54, 1.807) is 4.57 Å². The minimum absolute atomic E-state index is 0.170. The van der Waals surface area contributed by atoms with Crippen LogP contribution in [0.4, 0.5) is 0 Å². The Labute approximate surface area is 128 Å². The minimum Gasteiger partial charge on any atom is -0.310 e. The van der Waals surface area contributed by atoms with Gasteiger partial charge in [-0.25, -0.2) is 14.9 Å². The summed E-state index contributed by atoms with van der Waals surface area (Å²) in [5, 5.41) is 11.4. The van der Waals surface area contributed by atoms with E-state index in [4.69, 9.17) is 0 Å². The van der Waals surface area contributed by atoms with Gasteiger partial charge in [-0.3, -0.25) is 4.57 Å². The van der Waals surface area contributed by atoms with Crippen molar-refractivity contribution in [2.24, 2.45) is 0 Å². The minimum atomic E-state index is -0.170. The molecule has 2 aromatic rings. The van der Waals surface area contributed by atoms with Gasteiger partial charge in [0.25, 0.3) is 0 Å². The Hall–Kier alpha value is -1.60. The van der Waals surface area contributed by atoms with Gasteiger partial charge in [-0.2, -0.15) is 0 Å². The summed E-state index contributed by atoms with van der Waals surface area (Å²) >= 11 is 1.40. The summed E-state index contributed by atoms with van der Waals surface area (Å²) in [4.78, 5) is 16.1. The number of nitrogens with zero attached hydrogens (tertiary/aromatic N) is 3. The molecule has 1 unspecified atom stereocenters. The van der Waals surface area contributed by atoms with Crippen molar-refractivity contribution in [1.82, 2.24) is 25.1 Å². The molecule has 21 heavy (non-hydrogen) atoms. The van der Waals surface area contributed by atoms with Gasteiger partial charge in [0.1, 0.15) is 5.03 Å². The van der Waals surface area contributed by atoms with Crippen molar-refractivity contribution in [3.05, 3.63) is 34.4 Å². The highest BCUT2D eigenvalue weighted by Gasteiger charge is 2.10. The Balaban J connectivity index is 2.12. The molecule has 0 aromatic carbocycles. The molecule has 0 bridgehead atoms. The van der Waals surface area contributed by atoms with Gasteiger partial charge in [0, 0.05) is 18.8 Å². The van der Waals surface area contributed by atoms with Crippen LogP contribution in [-0.4, -0.2) is 26.3 Å². The van der Waals surface area contributed by atoms with Crippen molar-refractivity contribution < 1.29 is 0 Å². The highest BCUT2D eigenvalue weighted by atomic mass is 32.2. The molecule has 114 valence electrons. The summed E-state index contributed by atoms with van der Waals surface area (Å²) in [5.41, 5.74) is 0.978. The predicted molar refractivity (Wildman–Crippen MR) is 83.6 cm³/mol. The summed E-state index contributed by atoms with van der Waals surface area (Å²) in [7, 11) is 0. The SMILES string of the molecule is CCCn1c(Sc2ccc(C(C)NCC)cn2)n[nH]c1=O. The van der Waals surface area contributed by atoms with E-state index in [2.05, 4.69) is 40.4 Å². The van der Waals surface area contributed by atoms with E-state index < -0.39 is 0 Å². The highest BCUT2D eigenvalue weighted by Crippen LogP contribution is 2.24. The molecule has 2 N–H and O–H groups in total. The van der Waals surface area contributed by atoms with Crippen molar-refractivity contribution in [3.8, 4) is 0 Å². The molecular weight excluding hydrogens is 286 g/mol. The van der Waals surface area contributed by atoms with Crippen LogP contribution in [0.1, 0.15) is 38.8 Å². The van der Waals surface area contributed by atoms with Gasteiger partial charge < -0.3 is 5.32 Å². The van der Waals surface area contributed by atoms with Crippen LogP contribution in [0.25, 0.3) is 0 Å². The third kappa shape index (κ3) is 3.95. The van der Waals surface area contributed by atoms with Crippen LogP contribution in [0.3, 0.4) is 0 Å². The average Bonchev–Trinajstić information content (AvgIpc) is 2.82. The summed E-state index contributed by atoms with van der Waals surface area (Å²) in [6, 6.07) is 4.30. The van der Waals surface area contributed by atoms with Gasteiger partial charge in [0.15, 0.2) is 5.16 Å². The molecule has 2 rings (SSSR count). The lowest BCUT2D eigenvalue weighted by Crippen LogP contribution is -2.18. The molecule has 0 radical (unpaired) electrons. The van der Waals surface area contributed by atoms with Gasteiger partial charge in [-0.15, -0.1) is 5.10 Å². The Morgan fingerprint density at radius 1 is 1.43 bits per heavy atom. The quantitative estimate of drug-likeness (QED) is 0.820. The second-order valence-electron chi connectivity index (χ2n) is 4.77. The lowest BCUT2D eigenvalue weighted by molar-refractivity contribution is 0.595. The highest BCUT2D eigenvalue weighted by molar-refractivity contribution is 7.99. The van der Waals surface area contributed by atoms with Gasteiger partial charge in [0.05, 0.1) is 0 Å². The summed E-state index contributed by atoms with van der Waals surface area (Å²) in [5.74, 6) is 0. The number of nitrogens with one attached hydrogen (secondary N) is 2. The fraction of sp³-hybridized carbons (Fsp3) is 0.500. The first kappa shape index (κ1) is 15.8. The van der Waals surface area contributed by atoms with Crippen molar-refractivity contribution in [1.29, 1.82) is 0 Å². The normalized spacial score (nSPS) is 12.5. The largest absolute Gasteiger partial charge is 0.343 e. The summed E-state index contributed by atoms with van der Waals surface area (Å²) < 4.78 is 1.64. The number of hydrogen-bond acceptors (Lipinski definition) is 5. The van der Waals surface area contributed by atoms with E-state index in [-0.39, 0.29) is 11.7 Å². The fourth-order valence-electron chi connectivity index (χ4n) is 2.03. The summed E-state index contributed by atoms with van der Waals surface area (Å²) in [6.45, 7) is 7.81. The summed E-state index contributed by atoms with van der Waals surface area (Å²) in [6.07, 6.45) is 2.75. The number of H-pyrrole nitrogens is 1. The monoisotopic (exact) mass is 307 g/mol. The van der Waals surface area contributed by atoms with Crippen molar-refractivity contribution in [2.75, 3.05) is 6.54 Å². The zero-order chi connectivity index (χ0) is 15.2. The molecule has 0 saturated heterocycles. The van der Waals surface area contributed by atoms with Crippen LogP contribution in [0, 0.1) is 0 Å². The Morgan fingerprint density at radius 3 is 2.86 bits per heavy atom. The molecule has 2 aromatic heterocycles. The number of pyridine rings is 1. The Kier molecular flexibility index (Phi) is 5.58. The first-order valence-electron chi connectivity index (χ1n) is 7.18. The van der Waals surface area contributed by atoms with E-state index in [1.165, 1.54) is 11.8 Å². The molecule has 1 atom stereocenters. The second-order valence-corrected chi connectivity index (χ2v) is 5.76. The van der Waals surface area contributed by atoms with Crippen molar-refractivity contribution in [3.63, 3.8) is 0 Å². The first-order valence-corrected chi connectivity index (χ1v) is 7.99. The zero-order valence-electron chi connectivity index (χ0n) is 12.6. The molecule has 6 nitrogen and oxygen atoms in total. The predicted octanol–water partition coefficient (Wildman–Crippen LogP) is 2.20. The first-order chi connectivity index (χ1) is 10.2. The van der Waals surface area contributed by atoms with Gasteiger partial charge >= 0.3 is 5.69 Å². The van der Waals surface area contributed by atoms with Crippen LogP contribution in [-0.2, 0) is 6.54 Å². The number of rotatable bonds is 7. The molecule has 7 heteroatoms. The topological polar surface area (TPSA) is 75.6 Å². The Bertz CT molecular complexity index is 619. The van der Waals surface area contributed by atoms with Crippen LogP contribution >= 0.6 is 11.8 Å². The molecule has 2 heterocycles. The number of aromatic amines is 1. The lowest BCUT2D eigenvalue weighted by atomic mass is 10.1. The lowest BCUT2D eigenvalue weighted by Gasteiger charge is -2.12. The number of aromatic nitrogens is 4. The fourth-order valence-corrected chi connectivity index (χ4v) is 2.83. The van der Waals surface area contributed by atoms with E-state index in [9.17, 15) is 4.79 Å². The Morgan fingerprint density at radius 2 is 2.24 bits per heavy atom. The van der Waals surface area contributed by atoms with Crippen LogP contribution in [0.5, 0.6) is 0 Å². The van der Waals surface area contributed by atoms with Crippen molar-refractivity contribution in [2.45, 2.75) is 50.0 Å². The van der Waals surface area contributed by atoms with Gasteiger partial charge in [-0.1, -0.05) is 19.9 Å². The van der Waals surface area contributed by atoms with Crippen molar-refractivity contribution >= 4 is 11.8 Å². The van der Waals surface area contributed by atoms with E-state index in [0.29, 0.717) is 11.7 Å².